The van der Waals surface area contributed by atoms with Gasteiger partial charge in [0.2, 0.25) is 10.0 Å². The molecule has 0 saturated heterocycles. The number of aromatic nitrogens is 2. The average molecular weight is 233 g/mol. The number of aliphatic hydroxyl groups is 1. The summed E-state index contributed by atoms with van der Waals surface area (Å²) in [6.45, 7) is 2.48. The van der Waals surface area contributed by atoms with E-state index >= 15 is 0 Å². The molecule has 2 N–H and O–H groups in total. The molecule has 0 atom stereocenters. The highest BCUT2D eigenvalue weighted by Crippen LogP contribution is 2.07. The number of aryl methyl sites for hydroxylation is 1. The summed E-state index contributed by atoms with van der Waals surface area (Å²) >= 11 is 0. The summed E-state index contributed by atoms with van der Waals surface area (Å²) in [6.07, 6.45) is 3.31. The standard InChI is InChI=1S/C8H15N3O3S/c1-2-11-7-8(6-9-11)10-15(13,14)5-3-4-12/h6-7,10,12H,2-5H2,1H3. The van der Waals surface area contributed by atoms with E-state index in [9.17, 15) is 8.42 Å². The molecule has 0 fully saturated rings. The topological polar surface area (TPSA) is 84.2 Å². The first-order chi connectivity index (χ1) is 7.07. The van der Waals surface area contributed by atoms with Gasteiger partial charge >= 0.3 is 0 Å². The lowest BCUT2D eigenvalue weighted by Gasteiger charge is -2.03. The molecule has 1 heterocycles. The van der Waals surface area contributed by atoms with Gasteiger partial charge < -0.3 is 5.11 Å². The van der Waals surface area contributed by atoms with Gasteiger partial charge in [-0.3, -0.25) is 9.40 Å². The Balaban J connectivity index is 2.60. The van der Waals surface area contributed by atoms with Gasteiger partial charge in [0.05, 0.1) is 17.6 Å². The lowest BCUT2D eigenvalue weighted by atomic mass is 10.5. The fraction of sp³-hybridized carbons (Fsp3) is 0.625. The van der Waals surface area contributed by atoms with Crippen molar-refractivity contribution in [2.24, 2.45) is 0 Å². The van der Waals surface area contributed by atoms with Crippen LogP contribution in [0, 0.1) is 0 Å². The Morgan fingerprint density at radius 3 is 2.87 bits per heavy atom. The van der Waals surface area contributed by atoms with Gasteiger partial charge in [0, 0.05) is 19.3 Å². The molecule has 1 aromatic rings. The minimum absolute atomic E-state index is 0.0825. The lowest BCUT2D eigenvalue weighted by Crippen LogP contribution is -2.17. The number of hydrogen-bond donors (Lipinski definition) is 2. The zero-order valence-corrected chi connectivity index (χ0v) is 9.37. The van der Waals surface area contributed by atoms with Crippen molar-refractivity contribution in [3.05, 3.63) is 12.4 Å². The molecule has 0 aliphatic rings. The summed E-state index contributed by atoms with van der Waals surface area (Å²) in [5, 5.41) is 12.5. The first-order valence-corrected chi connectivity index (χ1v) is 6.36. The third kappa shape index (κ3) is 3.88. The van der Waals surface area contributed by atoms with Gasteiger partial charge in [-0.15, -0.1) is 0 Å². The van der Waals surface area contributed by atoms with Gasteiger partial charge in [0.25, 0.3) is 0 Å². The van der Waals surface area contributed by atoms with Gasteiger partial charge in [-0.2, -0.15) is 5.10 Å². The summed E-state index contributed by atoms with van der Waals surface area (Å²) < 4.78 is 26.8. The predicted octanol–water partition coefficient (Wildman–Crippen LogP) is 0.0271. The summed E-state index contributed by atoms with van der Waals surface area (Å²) in [5.41, 5.74) is 0.454. The van der Waals surface area contributed by atoms with Crippen molar-refractivity contribution in [1.82, 2.24) is 9.78 Å². The van der Waals surface area contributed by atoms with Gasteiger partial charge in [0.1, 0.15) is 0 Å². The molecule has 0 radical (unpaired) electrons. The Labute approximate surface area is 89.0 Å². The van der Waals surface area contributed by atoms with Crippen LogP contribution in [0.3, 0.4) is 0 Å². The van der Waals surface area contributed by atoms with Crippen molar-refractivity contribution in [3.8, 4) is 0 Å². The molecule has 0 bridgehead atoms. The maximum absolute atomic E-state index is 11.4. The summed E-state index contributed by atoms with van der Waals surface area (Å²) in [5.74, 6) is -0.0825. The number of anilines is 1. The van der Waals surface area contributed by atoms with E-state index in [1.807, 2.05) is 6.92 Å². The van der Waals surface area contributed by atoms with Crippen LogP contribution in [-0.4, -0.2) is 35.7 Å². The van der Waals surface area contributed by atoms with Crippen molar-refractivity contribution in [2.75, 3.05) is 17.1 Å². The van der Waals surface area contributed by atoms with Crippen LogP contribution in [0.1, 0.15) is 13.3 Å². The maximum Gasteiger partial charge on any atom is 0.232 e. The van der Waals surface area contributed by atoms with Crippen molar-refractivity contribution >= 4 is 15.7 Å². The fourth-order valence-corrected chi connectivity index (χ4v) is 2.15. The van der Waals surface area contributed by atoms with Crippen LogP contribution >= 0.6 is 0 Å². The van der Waals surface area contributed by atoms with E-state index in [-0.39, 0.29) is 18.8 Å². The molecule has 0 saturated carbocycles. The Morgan fingerprint density at radius 2 is 2.33 bits per heavy atom. The number of rotatable bonds is 6. The first kappa shape index (κ1) is 12.0. The fourth-order valence-electron chi connectivity index (χ4n) is 1.07. The van der Waals surface area contributed by atoms with Crippen LogP contribution < -0.4 is 4.72 Å². The molecule has 15 heavy (non-hydrogen) atoms. The Bertz CT molecular complexity index is 399. The summed E-state index contributed by atoms with van der Waals surface area (Å²) in [4.78, 5) is 0. The predicted molar refractivity (Wildman–Crippen MR) is 57.0 cm³/mol. The van der Waals surface area contributed by atoms with E-state index in [2.05, 4.69) is 9.82 Å². The smallest absolute Gasteiger partial charge is 0.232 e. The summed E-state index contributed by atoms with van der Waals surface area (Å²) in [7, 11) is -3.36. The largest absolute Gasteiger partial charge is 0.396 e. The molecule has 0 aliphatic heterocycles. The Kier molecular flexibility index (Phi) is 4.10. The van der Waals surface area contributed by atoms with Gasteiger partial charge in [-0.25, -0.2) is 8.42 Å². The number of hydrogen-bond acceptors (Lipinski definition) is 4. The molecule has 7 heteroatoms. The Hall–Kier alpha value is -1.08. The minimum Gasteiger partial charge on any atom is -0.396 e. The highest BCUT2D eigenvalue weighted by Gasteiger charge is 2.10. The number of sulfonamides is 1. The first-order valence-electron chi connectivity index (χ1n) is 4.71. The molecule has 6 nitrogen and oxygen atoms in total. The van der Waals surface area contributed by atoms with Gasteiger partial charge in [-0.05, 0) is 13.3 Å². The van der Waals surface area contributed by atoms with Crippen molar-refractivity contribution in [3.63, 3.8) is 0 Å². The monoisotopic (exact) mass is 233 g/mol. The molecule has 0 aliphatic carbocycles. The molecular formula is C8H15N3O3S. The molecule has 0 aromatic carbocycles. The van der Waals surface area contributed by atoms with Gasteiger partial charge in [-0.1, -0.05) is 0 Å². The van der Waals surface area contributed by atoms with Crippen molar-refractivity contribution < 1.29 is 13.5 Å². The van der Waals surface area contributed by atoms with E-state index in [0.29, 0.717) is 12.2 Å². The second-order valence-corrected chi connectivity index (χ2v) is 4.92. The SMILES string of the molecule is CCn1cc(NS(=O)(=O)CCCO)cn1. The van der Waals surface area contributed by atoms with E-state index in [1.54, 1.807) is 10.9 Å². The van der Waals surface area contributed by atoms with Crippen LogP contribution in [-0.2, 0) is 16.6 Å². The maximum atomic E-state index is 11.4. The number of nitrogens with one attached hydrogen (secondary N) is 1. The highest BCUT2D eigenvalue weighted by molar-refractivity contribution is 7.92. The average Bonchev–Trinajstić information content (AvgIpc) is 2.62. The second kappa shape index (κ2) is 5.13. The van der Waals surface area contributed by atoms with Crippen LogP contribution in [0.25, 0.3) is 0 Å². The molecule has 0 unspecified atom stereocenters. The molecule has 1 aromatic heterocycles. The minimum atomic E-state index is -3.36. The number of aliphatic hydroxyl groups excluding tert-OH is 1. The van der Waals surface area contributed by atoms with Gasteiger partial charge in [0.15, 0.2) is 0 Å². The van der Waals surface area contributed by atoms with Crippen LogP contribution in [0.4, 0.5) is 5.69 Å². The second-order valence-electron chi connectivity index (χ2n) is 3.08. The van der Waals surface area contributed by atoms with E-state index in [1.165, 1.54) is 6.20 Å². The molecule has 86 valence electrons. The van der Waals surface area contributed by atoms with E-state index in [0.717, 1.165) is 0 Å². The lowest BCUT2D eigenvalue weighted by molar-refractivity contribution is 0.295. The zero-order chi connectivity index (χ0) is 11.3. The van der Waals surface area contributed by atoms with Crippen LogP contribution in [0.5, 0.6) is 0 Å². The quantitative estimate of drug-likeness (QED) is 0.726. The third-order valence-electron chi connectivity index (χ3n) is 1.80. The molecule has 0 spiro atoms. The number of nitrogens with zero attached hydrogens (tertiary/aromatic N) is 2. The van der Waals surface area contributed by atoms with Crippen LogP contribution in [0.2, 0.25) is 0 Å². The van der Waals surface area contributed by atoms with Crippen molar-refractivity contribution in [1.29, 1.82) is 0 Å². The van der Waals surface area contributed by atoms with E-state index < -0.39 is 10.0 Å². The highest BCUT2D eigenvalue weighted by atomic mass is 32.2. The molecule has 1 rings (SSSR count). The van der Waals surface area contributed by atoms with Crippen molar-refractivity contribution in [2.45, 2.75) is 19.9 Å². The van der Waals surface area contributed by atoms with Crippen LogP contribution in [0.15, 0.2) is 12.4 Å². The molecule has 0 amide bonds. The Morgan fingerprint density at radius 1 is 1.60 bits per heavy atom. The normalized spacial score (nSPS) is 11.6. The molecular weight excluding hydrogens is 218 g/mol. The summed E-state index contributed by atoms with van der Waals surface area (Å²) in [6, 6.07) is 0. The third-order valence-corrected chi connectivity index (χ3v) is 3.17. The zero-order valence-electron chi connectivity index (χ0n) is 8.55. The van der Waals surface area contributed by atoms with E-state index in [4.69, 9.17) is 5.11 Å².